The lowest BCUT2D eigenvalue weighted by Gasteiger charge is -2.48. The first-order chi connectivity index (χ1) is 33.4. The first kappa shape index (κ1) is 54.5. The Hall–Kier alpha value is -4.86. The molecule has 5 aromatic rings. The van der Waals surface area contributed by atoms with Crippen LogP contribution >= 0.6 is 8.30 Å². The third-order valence-corrected chi connectivity index (χ3v) is 22.2. The number of hydrogen-bond acceptors (Lipinski definition) is 14. The van der Waals surface area contributed by atoms with Crippen molar-refractivity contribution in [3.63, 3.8) is 0 Å². The van der Waals surface area contributed by atoms with E-state index in [1.165, 1.54) is 13.3 Å². The van der Waals surface area contributed by atoms with E-state index in [9.17, 15) is 15.2 Å². The van der Waals surface area contributed by atoms with Gasteiger partial charge in [-0.15, -0.1) is 0 Å². The number of fused-ring (bicyclic) bond motifs is 1. The zero-order valence-electron chi connectivity index (χ0n) is 43.0. The Labute approximate surface area is 416 Å². The normalized spacial score (nSPS) is 19.2. The molecule has 3 heterocycles. The molecule has 1 saturated heterocycles. The summed E-state index contributed by atoms with van der Waals surface area (Å²) in [6.07, 6.45) is -0.570. The van der Waals surface area contributed by atoms with Gasteiger partial charge in [0.05, 0.1) is 46.3 Å². The van der Waals surface area contributed by atoms with Crippen LogP contribution in [0, 0.1) is 11.3 Å². The molecule has 0 radical (unpaired) electrons. The molecule has 1 amide bonds. The highest BCUT2D eigenvalue weighted by Gasteiger charge is 2.65. The van der Waals surface area contributed by atoms with Crippen molar-refractivity contribution >= 4 is 39.5 Å². The Morgan fingerprint density at radius 1 is 0.871 bits per heavy atom. The number of anilines is 1. The maximum Gasteiger partial charge on any atom is 0.222 e. The maximum absolute atomic E-state index is 14.4. The molecule has 1 aliphatic rings. The van der Waals surface area contributed by atoms with E-state index in [0.29, 0.717) is 22.7 Å². The summed E-state index contributed by atoms with van der Waals surface area (Å²) < 4.78 is 51.0. The van der Waals surface area contributed by atoms with Crippen LogP contribution in [0.2, 0.25) is 16.6 Å². The molecule has 0 bridgehead atoms. The molecule has 2 aromatic heterocycles. The minimum Gasteiger partial charge on any atom is -0.497 e. The van der Waals surface area contributed by atoms with Crippen molar-refractivity contribution in [2.45, 2.75) is 141 Å². The summed E-state index contributed by atoms with van der Waals surface area (Å²) >= 11 is 0. The number of aromatic nitrogens is 4. The van der Waals surface area contributed by atoms with E-state index in [0.717, 1.165) is 16.7 Å². The number of nitriles is 1. The average molecular weight is 998 g/mol. The van der Waals surface area contributed by atoms with E-state index >= 15 is 0 Å². The second kappa shape index (κ2) is 23.6. The van der Waals surface area contributed by atoms with E-state index in [1.807, 2.05) is 78.9 Å². The van der Waals surface area contributed by atoms with Crippen molar-refractivity contribution in [3.05, 3.63) is 108 Å². The molecule has 18 heteroatoms. The number of amides is 1. The molecule has 70 heavy (non-hydrogen) atoms. The van der Waals surface area contributed by atoms with Gasteiger partial charge in [0.25, 0.3) is 0 Å². The number of methoxy groups -OCH3 is 2. The van der Waals surface area contributed by atoms with E-state index in [4.69, 9.17) is 37.6 Å². The molecule has 3 aromatic carbocycles. The number of benzene rings is 3. The predicted molar refractivity (Wildman–Crippen MR) is 274 cm³/mol. The topological polar surface area (TPSA) is 185 Å². The summed E-state index contributed by atoms with van der Waals surface area (Å²) in [5.74, 6) is 1.22. The molecule has 16 nitrogen and oxygen atoms in total. The van der Waals surface area contributed by atoms with Gasteiger partial charge in [0.1, 0.15) is 50.7 Å². The van der Waals surface area contributed by atoms with Gasteiger partial charge in [0, 0.05) is 19.0 Å². The third-order valence-electron chi connectivity index (χ3n) is 13.3. The lowest BCUT2D eigenvalue weighted by Crippen LogP contribution is -2.55. The molecule has 0 aliphatic carbocycles. The Morgan fingerprint density at radius 2 is 1.43 bits per heavy atom. The van der Waals surface area contributed by atoms with E-state index in [2.05, 4.69) is 95.3 Å². The minimum atomic E-state index is -2.54. The average Bonchev–Trinajstić information content (AvgIpc) is 3.89. The van der Waals surface area contributed by atoms with Gasteiger partial charge in [-0.1, -0.05) is 96.1 Å². The molecule has 378 valence electrons. The predicted octanol–water partition coefficient (Wildman–Crippen LogP) is 10.3. The second-order valence-corrected chi connectivity index (χ2v) is 26.5. The highest BCUT2D eigenvalue weighted by Crippen LogP contribution is 2.64. The zero-order chi connectivity index (χ0) is 51.0. The van der Waals surface area contributed by atoms with Crippen LogP contribution in [0.4, 0.5) is 5.82 Å². The van der Waals surface area contributed by atoms with Crippen LogP contribution < -0.4 is 14.8 Å². The first-order valence-electron chi connectivity index (χ1n) is 24.1. The number of nitrogens with zero attached hydrogens (tertiary/aromatic N) is 6. The van der Waals surface area contributed by atoms with Crippen LogP contribution in [-0.4, -0.2) is 107 Å². The maximum atomic E-state index is 14.4. The van der Waals surface area contributed by atoms with Crippen molar-refractivity contribution in [2.75, 3.05) is 39.5 Å². The standard InChI is InChI=1S/C52H72N7O9PSi/c1-34(2)59(35(3)4)69(66-29-17-28-53)52(61)45(30-65-51(40-18-15-14-16-19-40,41-20-24-43(62-12)25-21-41)42-22-26-44(63-13)27-23-42)68-50(47(52)64-33-67-70(36(5)6,37(7)8)38(9)10)58-32-56-46-48(57-39(11)60)54-31-55-49(46)58/h14-16,18-27,31-32,34-38,45,47,50,61H,17,29-30,33H2,1-13H3,(H,54,55,57,60)/t45?,47-,50+,52-,69?/m0/s1. The Bertz CT molecular complexity index is 2430. The van der Waals surface area contributed by atoms with Crippen molar-refractivity contribution in [1.82, 2.24) is 24.2 Å². The zero-order valence-corrected chi connectivity index (χ0v) is 44.8. The molecule has 0 spiro atoms. The fourth-order valence-corrected chi connectivity index (χ4v) is 18.3. The lowest BCUT2D eigenvalue weighted by molar-refractivity contribution is -0.123. The van der Waals surface area contributed by atoms with Crippen LogP contribution in [-0.2, 0) is 33.6 Å². The summed E-state index contributed by atoms with van der Waals surface area (Å²) in [7, 11) is -1.43. The molecule has 2 unspecified atom stereocenters. The van der Waals surface area contributed by atoms with Crippen LogP contribution in [0.25, 0.3) is 11.2 Å². The number of carbonyl (C=O) groups excluding carboxylic acids is 1. The van der Waals surface area contributed by atoms with Gasteiger partial charge in [-0.3, -0.25) is 14.0 Å². The molecule has 0 saturated carbocycles. The highest BCUT2D eigenvalue weighted by molar-refractivity contribution is 7.51. The molecule has 1 fully saturated rings. The summed E-state index contributed by atoms with van der Waals surface area (Å²) in [5, 5.41) is 25.0. The van der Waals surface area contributed by atoms with Crippen LogP contribution in [0.5, 0.6) is 11.5 Å². The van der Waals surface area contributed by atoms with Crippen molar-refractivity contribution in [2.24, 2.45) is 0 Å². The van der Waals surface area contributed by atoms with Crippen molar-refractivity contribution < 1.29 is 42.5 Å². The third kappa shape index (κ3) is 10.8. The summed E-state index contributed by atoms with van der Waals surface area (Å²) in [5.41, 5.74) is 2.41. The van der Waals surface area contributed by atoms with Gasteiger partial charge in [-0.25, -0.2) is 15.0 Å². The number of ether oxygens (including phenoxy) is 5. The van der Waals surface area contributed by atoms with Gasteiger partial charge < -0.3 is 43.1 Å². The number of nitrogens with one attached hydrogen (secondary N) is 1. The quantitative estimate of drug-likeness (QED) is 0.0196. The summed E-state index contributed by atoms with van der Waals surface area (Å²) in [6.45, 7) is 22.5. The van der Waals surface area contributed by atoms with E-state index < -0.39 is 46.0 Å². The SMILES string of the molecule is COc1ccc(C(OCC2O[C@@H](n3cnc4c(NC(C)=O)ncnc43)[C@H](OCO[Si](C(C)C)(C(C)C)C(C)C)[C@@]2(O)P(OCCC#N)N(C(C)C)C(C)C)(c2ccccc2)c2ccc(OC)cc2)cc1. The Balaban J connectivity index is 1.62. The molecular weight excluding hydrogens is 926 g/mol. The van der Waals surface area contributed by atoms with Crippen LogP contribution in [0.3, 0.4) is 0 Å². The van der Waals surface area contributed by atoms with E-state index in [1.54, 1.807) is 25.1 Å². The van der Waals surface area contributed by atoms with Crippen molar-refractivity contribution in [3.8, 4) is 17.6 Å². The smallest absolute Gasteiger partial charge is 0.222 e. The summed E-state index contributed by atoms with van der Waals surface area (Å²) in [4.78, 5) is 26.0. The van der Waals surface area contributed by atoms with Gasteiger partial charge in [0.15, 0.2) is 28.6 Å². The molecule has 1 aliphatic heterocycles. The number of imidazole rings is 1. The second-order valence-electron chi connectivity index (χ2n) is 19.1. The fourth-order valence-electron chi connectivity index (χ4n) is 10.4. The monoisotopic (exact) mass is 997 g/mol. The number of carbonyl (C=O) groups is 1. The first-order valence-corrected chi connectivity index (χ1v) is 27.4. The highest BCUT2D eigenvalue weighted by atomic mass is 31.2. The van der Waals surface area contributed by atoms with Crippen LogP contribution in [0.1, 0.15) is 106 Å². The molecule has 2 N–H and O–H groups in total. The van der Waals surface area contributed by atoms with Crippen molar-refractivity contribution in [1.29, 1.82) is 5.26 Å². The van der Waals surface area contributed by atoms with Gasteiger partial charge >= 0.3 is 0 Å². The van der Waals surface area contributed by atoms with Gasteiger partial charge in [-0.2, -0.15) is 5.26 Å². The van der Waals surface area contributed by atoms with Crippen LogP contribution in [0.15, 0.2) is 91.5 Å². The minimum absolute atomic E-state index is 0.0267. The Morgan fingerprint density at radius 3 is 1.93 bits per heavy atom. The largest absolute Gasteiger partial charge is 0.497 e. The number of hydrogen-bond donors (Lipinski definition) is 2. The van der Waals surface area contributed by atoms with Gasteiger partial charge in [0.2, 0.25) is 14.2 Å². The molecular formula is C52H72N7O9PSi. The summed E-state index contributed by atoms with van der Waals surface area (Å²) in [6, 6.07) is 27.3. The Kier molecular flexibility index (Phi) is 18.3. The fraction of sp³-hybridized carbons (Fsp3) is 0.519. The number of aliphatic hydroxyl groups is 1. The van der Waals surface area contributed by atoms with Gasteiger partial charge in [-0.05, 0) is 85.3 Å². The molecule has 6 rings (SSSR count). The lowest BCUT2D eigenvalue weighted by atomic mass is 9.80. The molecule has 5 atom stereocenters. The number of rotatable bonds is 24. The van der Waals surface area contributed by atoms with E-state index in [-0.39, 0.29) is 66.9 Å².